The predicted molar refractivity (Wildman–Crippen MR) is 73.9 cm³/mol. The molecule has 0 aromatic carbocycles. The number of nitrogens with zero attached hydrogens (tertiary/aromatic N) is 3. The zero-order valence-corrected chi connectivity index (χ0v) is 12.6. The molecule has 0 saturated carbocycles. The van der Waals surface area contributed by atoms with Crippen molar-refractivity contribution in [2.24, 2.45) is 0 Å². The number of aryl methyl sites for hydroxylation is 1. The molecule has 0 bridgehead atoms. The van der Waals surface area contributed by atoms with E-state index in [9.17, 15) is 8.42 Å². The van der Waals surface area contributed by atoms with Crippen molar-refractivity contribution in [1.82, 2.24) is 20.1 Å². The van der Waals surface area contributed by atoms with Crippen LogP contribution in [0.15, 0.2) is 0 Å². The molecule has 1 aromatic heterocycles. The van der Waals surface area contributed by atoms with Gasteiger partial charge >= 0.3 is 0 Å². The summed E-state index contributed by atoms with van der Waals surface area (Å²) in [5.74, 6) is 2.47. The van der Waals surface area contributed by atoms with Crippen LogP contribution in [0.3, 0.4) is 0 Å². The Hall–Kier alpha value is -0.950. The lowest BCUT2D eigenvalue weighted by Gasteiger charge is -2.23. The number of sulfone groups is 1. The lowest BCUT2D eigenvalue weighted by molar-refractivity contribution is 0.364. The quantitative estimate of drug-likeness (QED) is 0.845. The van der Waals surface area contributed by atoms with E-state index in [-0.39, 0.29) is 11.8 Å². The van der Waals surface area contributed by atoms with E-state index in [2.05, 4.69) is 29.2 Å². The zero-order valence-electron chi connectivity index (χ0n) is 11.8. The maximum atomic E-state index is 11.1. The number of rotatable bonds is 5. The van der Waals surface area contributed by atoms with Gasteiger partial charge in [-0.05, 0) is 6.42 Å². The molecule has 7 heteroatoms. The van der Waals surface area contributed by atoms with E-state index >= 15 is 0 Å². The molecule has 0 aliphatic carbocycles. The summed E-state index contributed by atoms with van der Waals surface area (Å²) in [6.07, 6.45) is 3.15. The molecule has 2 heterocycles. The van der Waals surface area contributed by atoms with Gasteiger partial charge in [0.1, 0.15) is 15.7 Å². The van der Waals surface area contributed by atoms with Gasteiger partial charge in [-0.25, -0.2) is 18.1 Å². The van der Waals surface area contributed by atoms with Crippen molar-refractivity contribution < 1.29 is 8.42 Å². The highest BCUT2D eigenvalue weighted by Crippen LogP contribution is 2.16. The molecule has 1 aliphatic rings. The van der Waals surface area contributed by atoms with Gasteiger partial charge in [0, 0.05) is 31.2 Å². The van der Waals surface area contributed by atoms with Gasteiger partial charge in [-0.15, -0.1) is 0 Å². The van der Waals surface area contributed by atoms with Gasteiger partial charge in [-0.3, -0.25) is 0 Å². The Balaban J connectivity index is 1.91. The Morgan fingerprint density at radius 1 is 1.47 bits per heavy atom. The molecule has 0 saturated heterocycles. The van der Waals surface area contributed by atoms with Crippen molar-refractivity contribution in [1.29, 1.82) is 0 Å². The van der Waals surface area contributed by atoms with Gasteiger partial charge in [0.05, 0.1) is 12.3 Å². The first kappa shape index (κ1) is 14.5. The maximum absolute atomic E-state index is 11.1. The van der Waals surface area contributed by atoms with Crippen LogP contribution in [-0.4, -0.2) is 47.8 Å². The summed E-state index contributed by atoms with van der Waals surface area (Å²) in [7, 11) is -2.89. The molecule has 0 spiro atoms. The second-order valence-corrected chi connectivity index (χ2v) is 7.80. The molecule has 108 valence electrons. The number of hydrogen-bond acceptors (Lipinski definition) is 5. The SMILES string of the molecule is CC(C)c1nc2n(n1)C[C@H](NCCS(C)(=O)=O)CC2. The number of fused-ring (bicyclic) bond motifs is 1. The zero-order chi connectivity index (χ0) is 14.0. The molecule has 2 rings (SSSR count). The summed E-state index contributed by atoms with van der Waals surface area (Å²) in [5, 5.41) is 7.79. The van der Waals surface area contributed by atoms with Gasteiger partial charge < -0.3 is 5.32 Å². The Labute approximate surface area is 114 Å². The Bertz CT molecular complexity index is 536. The van der Waals surface area contributed by atoms with Crippen molar-refractivity contribution in [3.63, 3.8) is 0 Å². The fraction of sp³-hybridized carbons (Fsp3) is 0.833. The maximum Gasteiger partial charge on any atom is 0.153 e. The Morgan fingerprint density at radius 2 is 2.21 bits per heavy atom. The largest absolute Gasteiger partial charge is 0.311 e. The molecule has 0 amide bonds. The van der Waals surface area contributed by atoms with Crippen molar-refractivity contribution in [3.05, 3.63) is 11.6 Å². The summed E-state index contributed by atoms with van der Waals surface area (Å²) < 4.78 is 24.1. The fourth-order valence-corrected chi connectivity index (χ4v) is 2.68. The summed E-state index contributed by atoms with van der Waals surface area (Å²) in [6, 6.07) is 0.288. The molecule has 1 atom stereocenters. The minimum atomic E-state index is -2.89. The second kappa shape index (κ2) is 5.58. The smallest absolute Gasteiger partial charge is 0.153 e. The van der Waals surface area contributed by atoms with Crippen molar-refractivity contribution in [2.45, 2.75) is 45.2 Å². The van der Waals surface area contributed by atoms with Crippen molar-refractivity contribution in [3.8, 4) is 0 Å². The molecule has 0 fully saturated rings. The monoisotopic (exact) mass is 286 g/mol. The average molecular weight is 286 g/mol. The van der Waals surface area contributed by atoms with Crippen LogP contribution in [0, 0.1) is 0 Å². The minimum Gasteiger partial charge on any atom is -0.311 e. The van der Waals surface area contributed by atoms with Crippen LogP contribution in [0.5, 0.6) is 0 Å². The van der Waals surface area contributed by atoms with Gasteiger partial charge in [0.2, 0.25) is 0 Å². The normalized spacial score (nSPS) is 19.7. The molecule has 1 aliphatic heterocycles. The van der Waals surface area contributed by atoms with Gasteiger partial charge in [-0.2, -0.15) is 5.10 Å². The van der Waals surface area contributed by atoms with Crippen LogP contribution in [-0.2, 0) is 22.8 Å². The van der Waals surface area contributed by atoms with Crippen LogP contribution >= 0.6 is 0 Å². The summed E-state index contributed by atoms with van der Waals surface area (Å²) in [5.41, 5.74) is 0. The Morgan fingerprint density at radius 3 is 2.84 bits per heavy atom. The third kappa shape index (κ3) is 4.01. The molecular weight excluding hydrogens is 264 g/mol. The third-order valence-corrected chi connectivity index (χ3v) is 4.24. The van der Waals surface area contributed by atoms with Crippen LogP contribution in [0.1, 0.15) is 37.8 Å². The highest BCUT2D eigenvalue weighted by atomic mass is 32.2. The number of aromatic nitrogens is 3. The minimum absolute atomic E-state index is 0.185. The lowest BCUT2D eigenvalue weighted by Crippen LogP contribution is -2.39. The molecule has 1 N–H and O–H groups in total. The second-order valence-electron chi connectivity index (χ2n) is 5.54. The first-order valence-electron chi connectivity index (χ1n) is 6.70. The van der Waals surface area contributed by atoms with E-state index in [1.54, 1.807) is 0 Å². The van der Waals surface area contributed by atoms with E-state index in [1.807, 2.05) is 4.68 Å². The van der Waals surface area contributed by atoms with Crippen molar-refractivity contribution in [2.75, 3.05) is 18.6 Å². The van der Waals surface area contributed by atoms with Gasteiger partial charge in [0.15, 0.2) is 5.82 Å². The van der Waals surface area contributed by atoms with Crippen LogP contribution in [0.4, 0.5) is 0 Å². The average Bonchev–Trinajstić information content (AvgIpc) is 2.70. The molecular formula is C12H22N4O2S. The van der Waals surface area contributed by atoms with E-state index < -0.39 is 9.84 Å². The molecule has 19 heavy (non-hydrogen) atoms. The van der Waals surface area contributed by atoms with E-state index in [0.29, 0.717) is 12.5 Å². The van der Waals surface area contributed by atoms with Crippen molar-refractivity contribution >= 4 is 9.84 Å². The van der Waals surface area contributed by atoms with Crippen LogP contribution in [0.25, 0.3) is 0 Å². The first-order valence-corrected chi connectivity index (χ1v) is 8.76. The molecule has 1 aromatic rings. The Kier molecular flexibility index (Phi) is 4.25. The predicted octanol–water partition coefficient (Wildman–Crippen LogP) is 0.351. The summed E-state index contributed by atoms with van der Waals surface area (Å²) in [4.78, 5) is 4.53. The highest BCUT2D eigenvalue weighted by Gasteiger charge is 2.22. The van der Waals surface area contributed by atoms with Gasteiger partial charge in [-0.1, -0.05) is 13.8 Å². The summed E-state index contributed by atoms with van der Waals surface area (Å²) in [6.45, 7) is 5.45. The van der Waals surface area contributed by atoms with Crippen LogP contribution in [0.2, 0.25) is 0 Å². The topological polar surface area (TPSA) is 76.9 Å². The first-order chi connectivity index (χ1) is 8.85. The number of nitrogens with one attached hydrogen (secondary N) is 1. The standard InChI is InChI=1S/C12H22N4O2S/c1-9(2)12-14-11-5-4-10(8-16(11)15-12)13-6-7-19(3,17)18/h9-10,13H,4-8H2,1-3H3/t10-/m1/s1. The number of hydrogen-bond donors (Lipinski definition) is 1. The highest BCUT2D eigenvalue weighted by molar-refractivity contribution is 7.90. The third-order valence-electron chi connectivity index (χ3n) is 3.30. The molecule has 0 unspecified atom stereocenters. The fourth-order valence-electron chi connectivity index (χ4n) is 2.19. The van der Waals surface area contributed by atoms with E-state index in [0.717, 1.165) is 31.0 Å². The van der Waals surface area contributed by atoms with E-state index in [1.165, 1.54) is 6.26 Å². The van der Waals surface area contributed by atoms with Crippen LogP contribution < -0.4 is 5.32 Å². The van der Waals surface area contributed by atoms with E-state index in [4.69, 9.17) is 0 Å². The summed E-state index contributed by atoms with van der Waals surface area (Å²) >= 11 is 0. The molecule has 0 radical (unpaired) electrons. The van der Waals surface area contributed by atoms with Gasteiger partial charge in [0.25, 0.3) is 0 Å². The lowest BCUT2D eigenvalue weighted by atomic mass is 10.1. The molecule has 6 nitrogen and oxygen atoms in total.